The molecular weight excluding hydrogens is 336 g/mol. The zero-order chi connectivity index (χ0) is 15.2. The highest BCUT2D eigenvalue weighted by Gasteiger charge is 2.12. The van der Waals surface area contributed by atoms with Gasteiger partial charge < -0.3 is 10.1 Å². The molecule has 0 atom stereocenters. The van der Waals surface area contributed by atoms with Gasteiger partial charge in [-0.05, 0) is 35.4 Å². The summed E-state index contributed by atoms with van der Waals surface area (Å²) in [5, 5.41) is 13.7. The molecule has 0 amide bonds. The van der Waals surface area contributed by atoms with Crippen LogP contribution in [-0.4, -0.2) is 12.0 Å². The lowest BCUT2D eigenvalue weighted by Crippen LogP contribution is -1.99. The first-order valence-corrected chi connectivity index (χ1v) is 7.16. The number of nitro groups is 1. The van der Waals surface area contributed by atoms with Crippen LogP contribution in [0.15, 0.2) is 46.9 Å². The Morgan fingerprint density at radius 3 is 2.52 bits per heavy atom. The number of nitrogens with one attached hydrogen (secondary N) is 1. The van der Waals surface area contributed by atoms with Gasteiger partial charge in [0.25, 0.3) is 5.69 Å². The summed E-state index contributed by atoms with van der Waals surface area (Å²) in [5.41, 5.74) is 2.51. The van der Waals surface area contributed by atoms with Gasteiger partial charge in [-0.3, -0.25) is 10.1 Å². The van der Waals surface area contributed by atoms with Gasteiger partial charge in [0, 0.05) is 17.6 Å². The number of hydrogen-bond acceptors (Lipinski definition) is 4. The van der Waals surface area contributed by atoms with Crippen LogP contribution in [0.3, 0.4) is 0 Å². The van der Waals surface area contributed by atoms with Crippen molar-refractivity contribution in [1.29, 1.82) is 0 Å². The summed E-state index contributed by atoms with van der Waals surface area (Å²) in [4.78, 5) is 10.4. The molecule has 2 aromatic rings. The van der Waals surface area contributed by atoms with Gasteiger partial charge in [-0.1, -0.05) is 28.1 Å². The molecule has 21 heavy (non-hydrogen) atoms. The van der Waals surface area contributed by atoms with Crippen LogP contribution in [0.5, 0.6) is 0 Å². The van der Waals surface area contributed by atoms with Crippen LogP contribution in [0.25, 0.3) is 0 Å². The van der Waals surface area contributed by atoms with E-state index in [0.717, 1.165) is 15.6 Å². The van der Waals surface area contributed by atoms with Gasteiger partial charge in [0.2, 0.25) is 0 Å². The van der Waals surface area contributed by atoms with Gasteiger partial charge in [0.15, 0.2) is 0 Å². The molecule has 2 rings (SSSR count). The maximum absolute atomic E-state index is 10.9. The van der Waals surface area contributed by atoms with E-state index in [1.165, 1.54) is 6.07 Å². The standard InChI is InChI=1S/C15H15BrN2O3/c1-17-14-8-12(5-6-15(14)18(19)20)10-21-9-11-3-2-4-13(16)7-11/h2-8,17H,9-10H2,1H3. The molecular formula is C15H15BrN2O3. The topological polar surface area (TPSA) is 64.4 Å². The molecule has 0 aromatic heterocycles. The summed E-state index contributed by atoms with van der Waals surface area (Å²) < 4.78 is 6.65. The molecule has 1 N–H and O–H groups in total. The summed E-state index contributed by atoms with van der Waals surface area (Å²) in [6, 6.07) is 12.8. The lowest BCUT2D eigenvalue weighted by molar-refractivity contribution is -0.384. The van der Waals surface area contributed by atoms with Gasteiger partial charge in [-0.25, -0.2) is 0 Å². The van der Waals surface area contributed by atoms with Crippen molar-refractivity contribution in [3.63, 3.8) is 0 Å². The van der Waals surface area contributed by atoms with E-state index in [-0.39, 0.29) is 5.69 Å². The molecule has 0 aliphatic carbocycles. The van der Waals surface area contributed by atoms with Crippen LogP contribution in [0.1, 0.15) is 11.1 Å². The van der Waals surface area contributed by atoms with Crippen LogP contribution in [0, 0.1) is 10.1 Å². The second-order valence-electron chi connectivity index (χ2n) is 4.48. The molecule has 0 aliphatic rings. The average molecular weight is 351 g/mol. The highest BCUT2D eigenvalue weighted by molar-refractivity contribution is 9.10. The third-order valence-corrected chi connectivity index (χ3v) is 3.45. The molecule has 0 aliphatic heterocycles. The fourth-order valence-electron chi connectivity index (χ4n) is 1.95. The molecule has 5 nitrogen and oxygen atoms in total. The number of hydrogen-bond donors (Lipinski definition) is 1. The molecule has 0 fully saturated rings. The summed E-state index contributed by atoms with van der Waals surface area (Å²) in [6.45, 7) is 0.893. The predicted octanol–water partition coefficient (Wildman–Crippen LogP) is 4.12. The van der Waals surface area contributed by atoms with Crippen LogP contribution in [-0.2, 0) is 18.0 Å². The molecule has 0 bridgehead atoms. The second-order valence-corrected chi connectivity index (χ2v) is 5.40. The Bertz CT molecular complexity index is 647. The summed E-state index contributed by atoms with van der Waals surface area (Å²) in [5.74, 6) is 0. The molecule has 0 unspecified atom stereocenters. The van der Waals surface area contributed by atoms with Crippen molar-refractivity contribution in [3.8, 4) is 0 Å². The summed E-state index contributed by atoms with van der Waals surface area (Å²) >= 11 is 3.41. The van der Waals surface area contributed by atoms with Crippen molar-refractivity contribution in [2.75, 3.05) is 12.4 Å². The number of ether oxygens (including phenoxy) is 1. The van der Waals surface area contributed by atoms with Gasteiger partial charge >= 0.3 is 0 Å². The fourth-order valence-corrected chi connectivity index (χ4v) is 2.39. The number of halogens is 1. The van der Waals surface area contributed by atoms with Gasteiger partial charge in [-0.15, -0.1) is 0 Å². The Hall–Kier alpha value is -1.92. The molecule has 110 valence electrons. The summed E-state index contributed by atoms with van der Waals surface area (Å²) in [7, 11) is 1.66. The number of benzene rings is 2. The third-order valence-electron chi connectivity index (χ3n) is 2.95. The zero-order valence-corrected chi connectivity index (χ0v) is 13.1. The quantitative estimate of drug-likeness (QED) is 0.628. The third kappa shape index (κ3) is 4.27. The van der Waals surface area contributed by atoms with E-state index in [2.05, 4.69) is 21.2 Å². The van der Waals surface area contributed by atoms with Crippen molar-refractivity contribution >= 4 is 27.3 Å². The largest absolute Gasteiger partial charge is 0.383 e. The van der Waals surface area contributed by atoms with Gasteiger partial charge in [0.05, 0.1) is 18.1 Å². The number of nitro benzene ring substituents is 1. The molecule has 0 spiro atoms. The minimum Gasteiger partial charge on any atom is -0.383 e. The number of nitrogens with zero attached hydrogens (tertiary/aromatic N) is 1. The van der Waals surface area contributed by atoms with E-state index in [0.29, 0.717) is 18.9 Å². The molecule has 6 heteroatoms. The van der Waals surface area contributed by atoms with Crippen LogP contribution < -0.4 is 5.32 Å². The van der Waals surface area contributed by atoms with E-state index in [9.17, 15) is 10.1 Å². The second kappa shape index (κ2) is 7.19. The van der Waals surface area contributed by atoms with Crippen molar-refractivity contribution in [2.24, 2.45) is 0 Å². The minimum atomic E-state index is -0.405. The molecule has 0 saturated carbocycles. The Balaban J connectivity index is 1.99. The van der Waals surface area contributed by atoms with E-state index in [1.54, 1.807) is 19.2 Å². The molecule has 0 radical (unpaired) electrons. The van der Waals surface area contributed by atoms with Crippen LogP contribution >= 0.6 is 15.9 Å². The first kappa shape index (κ1) is 15.5. The van der Waals surface area contributed by atoms with E-state index < -0.39 is 4.92 Å². The first-order chi connectivity index (χ1) is 10.1. The Morgan fingerprint density at radius 1 is 1.19 bits per heavy atom. The zero-order valence-electron chi connectivity index (χ0n) is 11.5. The van der Waals surface area contributed by atoms with Crippen molar-refractivity contribution in [1.82, 2.24) is 0 Å². The maximum atomic E-state index is 10.9. The summed E-state index contributed by atoms with van der Waals surface area (Å²) in [6.07, 6.45) is 0. The average Bonchev–Trinajstić information content (AvgIpc) is 2.47. The van der Waals surface area contributed by atoms with Crippen LogP contribution in [0.2, 0.25) is 0 Å². The van der Waals surface area contributed by atoms with Gasteiger partial charge in [0.1, 0.15) is 5.69 Å². The van der Waals surface area contributed by atoms with E-state index in [1.807, 2.05) is 24.3 Å². The van der Waals surface area contributed by atoms with Crippen molar-refractivity contribution < 1.29 is 9.66 Å². The lowest BCUT2D eigenvalue weighted by atomic mass is 10.2. The highest BCUT2D eigenvalue weighted by Crippen LogP contribution is 2.25. The minimum absolute atomic E-state index is 0.0632. The van der Waals surface area contributed by atoms with Crippen molar-refractivity contribution in [3.05, 3.63) is 68.2 Å². The van der Waals surface area contributed by atoms with Crippen molar-refractivity contribution in [2.45, 2.75) is 13.2 Å². The Morgan fingerprint density at radius 2 is 1.90 bits per heavy atom. The number of anilines is 1. The Kier molecular flexibility index (Phi) is 5.30. The monoisotopic (exact) mass is 350 g/mol. The Labute approximate surface area is 131 Å². The number of rotatable bonds is 6. The smallest absolute Gasteiger partial charge is 0.292 e. The maximum Gasteiger partial charge on any atom is 0.292 e. The lowest BCUT2D eigenvalue weighted by Gasteiger charge is -2.07. The highest BCUT2D eigenvalue weighted by atomic mass is 79.9. The molecule has 0 heterocycles. The molecule has 2 aromatic carbocycles. The fraction of sp³-hybridized carbons (Fsp3) is 0.200. The van der Waals surface area contributed by atoms with Crippen LogP contribution in [0.4, 0.5) is 11.4 Å². The SMILES string of the molecule is CNc1cc(COCc2cccc(Br)c2)ccc1[N+](=O)[O-]. The molecule has 0 saturated heterocycles. The predicted molar refractivity (Wildman–Crippen MR) is 85.3 cm³/mol. The first-order valence-electron chi connectivity index (χ1n) is 6.37. The van der Waals surface area contributed by atoms with E-state index in [4.69, 9.17) is 4.74 Å². The normalized spacial score (nSPS) is 10.4. The van der Waals surface area contributed by atoms with E-state index >= 15 is 0 Å². The van der Waals surface area contributed by atoms with Gasteiger partial charge in [-0.2, -0.15) is 0 Å².